The zero-order valence-electron chi connectivity index (χ0n) is 11.8. The van der Waals surface area contributed by atoms with Crippen LogP contribution < -0.4 is 5.32 Å². The van der Waals surface area contributed by atoms with Gasteiger partial charge in [-0.2, -0.15) is 5.21 Å². The van der Waals surface area contributed by atoms with E-state index in [-0.39, 0.29) is 18.6 Å². The van der Waals surface area contributed by atoms with Crippen molar-refractivity contribution in [3.05, 3.63) is 5.82 Å². The summed E-state index contributed by atoms with van der Waals surface area (Å²) in [6.07, 6.45) is 0.747. The van der Waals surface area contributed by atoms with Gasteiger partial charge < -0.3 is 15.3 Å². The monoisotopic (exact) mass is 297 g/mol. The highest BCUT2D eigenvalue weighted by Crippen LogP contribution is 2.07. The Balaban J connectivity index is 1.84. The predicted octanol–water partition coefficient (Wildman–Crippen LogP) is -0.937. The van der Waals surface area contributed by atoms with Gasteiger partial charge in [-0.25, -0.2) is 4.79 Å². The van der Waals surface area contributed by atoms with Crippen LogP contribution in [0.4, 0.5) is 4.79 Å². The fourth-order valence-corrected chi connectivity index (χ4v) is 2.22. The minimum Gasteiger partial charge on any atom is -0.480 e. The lowest BCUT2D eigenvalue weighted by molar-refractivity contribution is -0.138. The fraction of sp³-hybridized carbons (Fsp3) is 0.727. The maximum atomic E-state index is 12.2. The molecule has 1 aliphatic rings. The number of tetrazole rings is 1. The number of hydrogen-bond acceptors (Lipinski definition) is 6. The number of carbonyl (C=O) groups excluding carboxylic acids is 1. The van der Waals surface area contributed by atoms with Crippen molar-refractivity contribution in [2.24, 2.45) is 0 Å². The normalized spacial score (nSPS) is 18.0. The summed E-state index contributed by atoms with van der Waals surface area (Å²) in [6.45, 7) is 4.11. The van der Waals surface area contributed by atoms with E-state index in [0.717, 1.165) is 6.42 Å². The molecule has 116 valence electrons. The number of aromatic nitrogens is 4. The van der Waals surface area contributed by atoms with Gasteiger partial charge in [0.25, 0.3) is 0 Å². The summed E-state index contributed by atoms with van der Waals surface area (Å²) in [4.78, 5) is 26.4. The van der Waals surface area contributed by atoms with Gasteiger partial charge in [0, 0.05) is 26.2 Å². The van der Waals surface area contributed by atoms with Gasteiger partial charge in [-0.15, -0.1) is 10.2 Å². The predicted molar refractivity (Wildman–Crippen MR) is 71.4 cm³/mol. The zero-order valence-corrected chi connectivity index (χ0v) is 11.8. The second-order valence-electron chi connectivity index (χ2n) is 4.95. The van der Waals surface area contributed by atoms with Crippen LogP contribution in [0.5, 0.6) is 0 Å². The Kier molecular flexibility index (Phi) is 5.04. The van der Waals surface area contributed by atoms with Crippen LogP contribution >= 0.6 is 0 Å². The number of H-pyrrole nitrogens is 1. The lowest BCUT2D eigenvalue weighted by Crippen LogP contribution is -2.43. The van der Waals surface area contributed by atoms with Crippen molar-refractivity contribution in [1.29, 1.82) is 0 Å². The summed E-state index contributed by atoms with van der Waals surface area (Å²) in [5.74, 6) is -0.427. The third-order valence-corrected chi connectivity index (χ3v) is 3.32. The Labute approximate surface area is 121 Å². The van der Waals surface area contributed by atoms with E-state index in [1.54, 1.807) is 11.8 Å². The van der Waals surface area contributed by atoms with E-state index in [4.69, 9.17) is 5.11 Å². The molecule has 3 N–H and O–H groups in total. The molecule has 0 bridgehead atoms. The molecule has 2 rings (SSSR count). The topological polar surface area (TPSA) is 127 Å². The molecule has 1 atom stereocenters. The summed E-state index contributed by atoms with van der Waals surface area (Å²) in [7, 11) is 0. The molecule has 2 amide bonds. The summed E-state index contributed by atoms with van der Waals surface area (Å²) in [6, 6.07) is -0.542. The smallest absolute Gasteiger partial charge is 0.318 e. The van der Waals surface area contributed by atoms with Crippen LogP contribution in [0.2, 0.25) is 0 Å². The number of rotatable bonds is 4. The quantitative estimate of drug-likeness (QED) is 0.654. The van der Waals surface area contributed by atoms with Crippen LogP contribution in [0.1, 0.15) is 25.2 Å². The molecule has 0 aliphatic carbocycles. The summed E-state index contributed by atoms with van der Waals surface area (Å²) >= 11 is 0. The molecule has 1 saturated heterocycles. The molecule has 2 heterocycles. The fourth-order valence-electron chi connectivity index (χ4n) is 2.22. The number of nitrogens with one attached hydrogen (secondary N) is 2. The van der Waals surface area contributed by atoms with Crippen molar-refractivity contribution in [3.63, 3.8) is 0 Å². The Morgan fingerprint density at radius 2 is 2.19 bits per heavy atom. The van der Waals surface area contributed by atoms with Crippen molar-refractivity contribution in [3.8, 4) is 0 Å². The van der Waals surface area contributed by atoms with E-state index in [9.17, 15) is 9.59 Å². The molecule has 1 aromatic rings. The summed E-state index contributed by atoms with van der Waals surface area (Å²) in [5, 5.41) is 25.0. The Hall–Kier alpha value is -2.23. The molecular formula is C11H19N7O3. The van der Waals surface area contributed by atoms with Crippen LogP contribution in [-0.4, -0.2) is 80.3 Å². The highest BCUT2D eigenvalue weighted by molar-refractivity contribution is 5.74. The van der Waals surface area contributed by atoms with Crippen LogP contribution in [-0.2, 0) is 4.79 Å². The molecule has 0 aromatic carbocycles. The van der Waals surface area contributed by atoms with Crippen LogP contribution in [0, 0.1) is 0 Å². The maximum Gasteiger partial charge on any atom is 0.318 e. The molecule has 1 aromatic heterocycles. The Morgan fingerprint density at radius 3 is 2.86 bits per heavy atom. The number of carbonyl (C=O) groups is 2. The van der Waals surface area contributed by atoms with Gasteiger partial charge >= 0.3 is 12.0 Å². The molecule has 1 fully saturated rings. The molecular weight excluding hydrogens is 278 g/mol. The molecule has 0 radical (unpaired) electrons. The largest absolute Gasteiger partial charge is 0.480 e. The average Bonchev–Trinajstić information content (AvgIpc) is 2.86. The average molecular weight is 297 g/mol. The van der Waals surface area contributed by atoms with Crippen molar-refractivity contribution in [1.82, 2.24) is 35.7 Å². The number of aromatic amines is 1. The first kappa shape index (κ1) is 15.2. The molecule has 1 aliphatic heterocycles. The molecule has 0 saturated carbocycles. The van der Waals surface area contributed by atoms with Gasteiger partial charge in [-0.05, 0) is 13.3 Å². The van der Waals surface area contributed by atoms with Crippen molar-refractivity contribution >= 4 is 12.0 Å². The zero-order chi connectivity index (χ0) is 15.2. The van der Waals surface area contributed by atoms with Gasteiger partial charge in [-0.3, -0.25) is 9.69 Å². The van der Waals surface area contributed by atoms with E-state index in [0.29, 0.717) is 32.0 Å². The van der Waals surface area contributed by atoms with Gasteiger partial charge in [0.2, 0.25) is 0 Å². The van der Waals surface area contributed by atoms with E-state index in [1.807, 2.05) is 4.90 Å². The highest BCUT2D eigenvalue weighted by Gasteiger charge is 2.22. The van der Waals surface area contributed by atoms with Gasteiger partial charge in [0.1, 0.15) is 0 Å². The lowest BCUT2D eigenvalue weighted by atomic mass is 10.3. The minimum absolute atomic E-state index is 0.00865. The second kappa shape index (κ2) is 6.97. The summed E-state index contributed by atoms with van der Waals surface area (Å²) in [5.41, 5.74) is 0. The lowest BCUT2D eigenvalue weighted by Gasteiger charge is -2.23. The molecule has 1 unspecified atom stereocenters. The number of hydrogen-bond donors (Lipinski definition) is 3. The van der Waals surface area contributed by atoms with E-state index in [2.05, 4.69) is 25.9 Å². The highest BCUT2D eigenvalue weighted by atomic mass is 16.4. The SMILES string of the molecule is CC(NC(=O)N1CCCN(CC(=O)O)CC1)c1nn[nH]n1. The van der Waals surface area contributed by atoms with Crippen LogP contribution in [0.25, 0.3) is 0 Å². The molecule has 10 heteroatoms. The number of nitrogens with zero attached hydrogens (tertiary/aromatic N) is 5. The number of carboxylic acid groups (broad SMARTS) is 1. The number of urea groups is 1. The van der Waals surface area contributed by atoms with E-state index < -0.39 is 5.97 Å². The number of aliphatic carboxylic acids is 1. The number of amides is 2. The first-order chi connectivity index (χ1) is 10.1. The van der Waals surface area contributed by atoms with Gasteiger partial charge in [0.15, 0.2) is 5.82 Å². The maximum absolute atomic E-state index is 12.2. The summed E-state index contributed by atoms with van der Waals surface area (Å²) < 4.78 is 0. The molecule has 10 nitrogen and oxygen atoms in total. The molecule has 21 heavy (non-hydrogen) atoms. The van der Waals surface area contributed by atoms with Crippen LogP contribution in [0.15, 0.2) is 0 Å². The number of carboxylic acids is 1. The standard InChI is InChI=1S/C11H19N7O3/c1-8(10-13-15-16-14-10)12-11(21)18-4-2-3-17(5-6-18)7-9(19)20/h8H,2-7H2,1H3,(H,12,21)(H,19,20)(H,13,14,15,16). The van der Waals surface area contributed by atoms with Crippen molar-refractivity contribution in [2.75, 3.05) is 32.7 Å². The van der Waals surface area contributed by atoms with E-state index >= 15 is 0 Å². The minimum atomic E-state index is -0.848. The third kappa shape index (κ3) is 4.38. The van der Waals surface area contributed by atoms with Gasteiger partial charge in [0.05, 0.1) is 12.6 Å². The third-order valence-electron chi connectivity index (χ3n) is 3.32. The molecule has 0 spiro atoms. The van der Waals surface area contributed by atoms with Gasteiger partial charge in [-0.1, -0.05) is 5.21 Å². The van der Waals surface area contributed by atoms with Crippen LogP contribution in [0.3, 0.4) is 0 Å². The van der Waals surface area contributed by atoms with Crippen molar-refractivity contribution in [2.45, 2.75) is 19.4 Å². The second-order valence-corrected chi connectivity index (χ2v) is 4.95. The Bertz CT molecular complexity index is 478. The van der Waals surface area contributed by atoms with Crippen molar-refractivity contribution < 1.29 is 14.7 Å². The first-order valence-corrected chi connectivity index (χ1v) is 6.79. The van der Waals surface area contributed by atoms with E-state index in [1.165, 1.54) is 0 Å². The first-order valence-electron chi connectivity index (χ1n) is 6.79. The Morgan fingerprint density at radius 1 is 1.38 bits per heavy atom.